The van der Waals surface area contributed by atoms with E-state index in [-0.39, 0.29) is 13.0 Å². The summed E-state index contributed by atoms with van der Waals surface area (Å²) in [6, 6.07) is 7.08. The molecule has 0 unspecified atom stereocenters. The molecular formula is C10H10F3N3O2S. The molecule has 2 rings (SSSR count). The summed E-state index contributed by atoms with van der Waals surface area (Å²) in [6.45, 7) is -0.373. The van der Waals surface area contributed by atoms with Crippen molar-refractivity contribution in [2.45, 2.75) is 11.9 Å². The molecule has 2 N–H and O–H groups in total. The molecular weight excluding hydrogens is 283 g/mol. The summed E-state index contributed by atoms with van der Waals surface area (Å²) in [6.07, 6.45) is 0.0456. The van der Waals surface area contributed by atoms with E-state index in [2.05, 4.69) is 9.97 Å². The highest BCUT2D eigenvalue weighted by molar-refractivity contribution is 7.90. The molecule has 1 aromatic carbocycles. The van der Waals surface area contributed by atoms with Crippen LogP contribution < -0.4 is 4.72 Å². The number of halogens is 3. The number of H-pyrrole nitrogens is 1. The molecule has 0 atom stereocenters. The van der Waals surface area contributed by atoms with Crippen LogP contribution in [0.25, 0.3) is 11.0 Å². The van der Waals surface area contributed by atoms with Crippen LogP contribution in [0, 0.1) is 0 Å². The topological polar surface area (TPSA) is 74.8 Å². The molecule has 0 amide bonds. The Labute approximate surface area is 106 Å². The molecule has 0 radical (unpaired) electrons. The highest BCUT2D eigenvalue weighted by Crippen LogP contribution is 2.21. The minimum Gasteiger partial charge on any atom is -0.342 e. The number of alkyl halides is 3. The second-order valence-electron chi connectivity index (χ2n) is 3.79. The molecule has 0 saturated heterocycles. The summed E-state index contributed by atoms with van der Waals surface area (Å²) in [5.41, 5.74) is -3.87. The van der Waals surface area contributed by atoms with Gasteiger partial charge in [0.2, 0.25) is 0 Å². The summed E-state index contributed by atoms with van der Waals surface area (Å²) in [4.78, 5) is 7.02. The molecule has 0 fully saturated rings. The van der Waals surface area contributed by atoms with Crippen molar-refractivity contribution in [2.24, 2.45) is 0 Å². The Morgan fingerprint density at radius 1 is 1.26 bits per heavy atom. The largest absolute Gasteiger partial charge is 0.511 e. The van der Waals surface area contributed by atoms with Crippen LogP contribution in [0.1, 0.15) is 5.82 Å². The fourth-order valence-corrected chi connectivity index (χ4v) is 2.04. The van der Waals surface area contributed by atoms with Gasteiger partial charge in [-0.25, -0.2) is 18.1 Å². The maximum atomic E-state index is 12.1. The molecule has 1 aromatic heterocycles. The molecule has 2 aromatic rings. The number of fused-ring (bicyclic) bond motifs is 1. The number of aromatic amines is 1. The molecule has 9 heteroatoms. The smallest absolute Gasteiger partial charge is 0.342 e. The van der Waals surface area contributed by atoms with Gasteiger partial charge < -0.3 is 4.98 Å². The maximum absolute atomic E-state index is 12.1. The van der Waals surface area contributed by atoms with E-state index in [1.807, 2.05) is 0 Å². The molecule has 5 nitrogen and oxygen atoms in total. The molecule has 0 aliphatic carbocycles. The lowest BCUT2D eigenvalue weighted by Crippen LogP contribution is -2.37. The van der Waals surface area contributed by atoms with Crippen LogP contribution in [-0.2, 0) is 16.4 Å². The normalized spacial score (nSPS) is 13.0. The van der Waals surface area contributed by atoms with E-state index in [1.54, 1.807) is 24.3 Å². The van der Waals surface area contributed by atoms with Crippen molar-refractivity contribution in [3.8, 4) is 0 Å². The van der Waals surface area contributed by atoms with Gasteiger partial charge in [-0.3, -0.25) is 0 Å². The third-order valence-electron chi connectivity index (χ3n) is 2.40. The second kappa shape index (κ2) is 4.82. The van der Waals surface area contributed by atoms with Gasteiger partial charge in [0.1, 0.15) is 5.82 Å². The van der Waals surface area contributed by atoms with Crippen molar-refractivity contribution in [1.82, 2.24) is 14.7 Å². The number of imidazole rings is 1. The summed E-state index contributed by atoms with van der Waals surface area (Å²) in [5, 5.41) is 0. The molecule has 0 aliphatic heterocycles. The fraction of sp³-hybridized carbons (Fsp3) is 0.300. The predicted octanol–water partition coefficient (Wildman–Crippen LogP) is 1.54. The third kappa shape index (κ3) is 3.04. The summed E-state index contributed by atoms with van der Waals surface area (Å²) >= 11 is 0. The summed E-state index contributed by atoms with van der Waals surface area (Å²) < 4.78 is 59.1. The Balaban J connectivity index is 2.00. The standard InChI is InChI=1S/C10H10F3N3O2S/c11-10(12,13)19(17,18)14-6-5-9-15-7-3-1-2-4-8(7)16-9/h1-4,14H,5-6H2,(H,15,16). The lowest BCUT2D eigenvalue weighted by molar-refractivity contribution is -0.0447. The van der Waals surface area contributed by atoms with Crippen molar-refractivity contribution in [3.63, 3.8) is 0 Å². The number of nitrogens with zero attached hydrogens (tertiary/aromatic N) is 1. The predicted molar refractivity (Wildman–Crippen MR) is 62.8 cm³/mol. The summed E-state index contributed by atoms with van der Waals surface area (Å²) in [5.74, 6) is 0.422. The minimum atomic E-state index is -5.29. The molecule has 0 spiro atoms. The molecule has 0 bridgehead atoms. The number of hydrogen-bond donors (Lipinski definition) is 2. The lowest BCUT2D eigenvalue weighted by Gasteiger charge is -2.08. The second-order valence-corrected chi connectivity index (χ2v) is 5.55. The maximum Gasteiger partial charge on any atom is 0.511 e. The quantitative estimate of drug-likeness (QED) is 0.898. The van der Waals surface area contributed by atoms with Gasteiger partial charge in [0.25, 0.3) is 0 Å². The van der Waals surface area contributed by atoms with Gasteiger partial charge in [-0.15, -0.1) is 0 Å². The Hall–Kier alpha value is -1.61. The first-order valence-electron chi connectivity index (χ1n) is 5.29. The zero-order chi connectivity index (χ0) is 14.1. The number of benzene rings is 1. The van der Waals surface area contributed by atoms with Crippen molar-refractivity contribution in [2.75, 3.05) is 6.54 Å². The van der Waals surface area contributed by atoms with Gasteiger partial charge in [-0.05, 0) is 12.1 Å². The van der Waals surface area contributed by atoms with E-state index < -0.39 is 15.5 Å². The third-order valence-corrected chi connectivity index (χ3v) is 3.59. The van der Waals surface area contributed by atoms with E-state index >= 15 is 0 Å². The van der Waals surface area contributed by atoms with Crippen LogP contribution >= 0.6 is 0 Å². The van der Waals surface area contributed by atoms with Gasteiger partial charge in [-0.2, -0.15) is 13.2 Å². The Morgan fingerprint density at radius 2 is 1.95 bits per heavy atom. The zero-order valence-corrected chi connectivity index (χ0v) is 10.3. The highest BCUT2D eigenvalue weighted by atomic mass is 32.2. The zero-order valence-electron chi connectivity index (χ0n) is 9.53. The Bertz CT molecular complexity index is 646. The van der Waals surface area contributed by atoms with Crippen LogP contribution in [0.3, 0.4) is 0 Å². The molecule has 1 heterocycles. The van der Waals surface area contributed by atoms with Gasteiger partial charge in [0.05, 0.1) is 11.0 Å². The first-order chi connectivity index (χ1) is 8.79. The minimum absolute atomic E-state index is 0.0456. The van der Waals surface area contributed by atoms with Crippen molar-refractivity contribution in [3.05, 3.63) is 30.1 Å². The first kappa shape index (κ1) is 13.8. The molecule has 19 heavy (non-hydrogen) atoms. The van der Waals surface area contributed by atoms with Crippen LogP contribution in [0.15, 0.2) is 24.3 Å². The highest BCUT2D eigenvalue weighted by Gasteiger charge is 2.45. The fourth-order valence-electron chi connectivity index (χ4n) is 1.51. The monoisotopic (exact) mass is 293 g/mol. The SMILES string of the molecule is O=S(=O)(NCCc1nc2ccccc2[nH]1)C(F)(F)F. The van der Waals surface area contributed by atoms with Crippen molar-refractivity contribution in [1.29, 1.82) is 0 Å². The lowest BCUT2D eigenvalue weighted by atomic mass is 10.3. The van der Waals surface area contributed by atoms with Crippen LogP contribution in [0.5, 0.6) is 0 Å². The van der Waals surface area contributed by atoms with E-state index in [0.29, 0.717) is 11.3 Å². The number of para-hydroxylation sites is 2. The molecule has 0 saturated carbocycles. The number of rotatable bonds is 4. The van der Waals surface area contributed by atoms with E-state index in [9.17, 15) is 21.6 Å². The van der Waals surface area contributed by atoms with E-state index in [4.69, 9.17) is 0 Å². The summed E-state index contributed by atoms with van der Waals surface area (Å²) in [7, 11) is -5.29. The van der Waals surface area contributed by atoms with E-state index in [1.165, 1.54) is 4.72 Å². The first-order valence-corrected chi connectivity index (χ1v) is 6.77. The van der Waals surface area contributed by atoms with E-state index in [0.717, 1.165) is 5.52 Å². The van der Waals surface area contributed by atoms with Gasteiger partial charge in [0.15, 0.2) is 0 Å². The van der Waals surface area contributed by atoms with Crippen LogP contribution in [0.4, 0.5) is 13.2 Å². The number of nitrogens with one attached hydrogen (secondary N) is 2. The Kier molecular flexibility index (Phi) is 3.50. The molecule has 104 valence electrons. The number of sulfonamides is 1. The van der Waals surface area contributed by atoms with Crippen LogP contribution in [-0.4, -0.2) is 30.4 Å². The number of hydrogen-bond acceptors (Lipinski definition) is 3. The van der Waals surface area contributed by atoms with Gasteiger partial charge in [0, 0.05) is 13.0 Å². The van der Waals surface area contributed by atoms with Crippen molar-refractivity contribution < 1.29 is 21.6 Å². The van der Waals surface area contributed by atoms with Gasteiger partial charge in [-0.1, -0.05) is 12.1 Å². The Morgan fingerprint density at radius 3 is 2.58 bits per heavy atom. The number of aromatic nitrogens is 2. The van der Waals surface area contributed by atoms with Crippen molar-refractivity contribution >= 4 is 21.1 Å². The average Bonchev–Trinajstić information content (AvgIpc) is 2.69. The van der Waals surface area contributed by atoms with Crippen LogP contribution in [0.2, 0.25) is 0 Å². The van der Waals surface area contributed by atoms with Gasteiger partial charge >= 0.3 is 15.5 Å². The average molecular weight is 293 g/mol. The molecule has 0 aliphatic rings.